The number of aryl methyl sites for hydroxylation is 4. The predicted molar refractivity (Wildman–Crippen MR) is 587 cm³/mol. The Bertz CT molecular complexity index is 4030. The smallest absolute Gasteiger partial charge is 0.512 e. The topological polar surface area (TPSA) is 279 Å². The Hall–Kier alpha value is -1.58. The summed E-state index contributed by atoms with van der Waals surface area (Å²) in [6.07, 6.45) is 39.4. The van der Waals surface area contributed by atoms with Crippen LogP contribution >= 0.6 is 181 Å². The molecular weight excluding hydrogens is 2290 g/mol. The molecule has 0 saturated carbocycles. The van der Waals surface area contributed by atoms with Gasteiger partial charge in [0.25, 0.3) is 0 Å². The van der Waals surface area contributed by atoms with Crippen LogP contribution in [0.15, 0.2) is 90.7 Å². The Labute approximate surface area is 886 Å². The van der Waals surface area contributed by atoms with Crippen LogP contribution in [0.25, 0.3) is 0 Å². The molecule has 726 valence electrons. The average Bonchev–Trinajstić information content (AvgIpc) is 1.63. The third-order valence-corrected chi connectivity index (χ3v) is 64.0. The maximum Gasteiger partial charge on any atom is 1.00 e. The van der Waals surface area contributed by atoms with E-state index in [1.165, 1.54) is 169 Å². The first-order valence-electron chi connectivity index (χ1n) is 43.7. The normalized spacial score (nSPS) is 10.2. The zero-order chi connectivity index (χ0) is 96.3. The molecule has 17 nitrogen and oxygen atoms in total. The van der Waals surface area contributed by atoms with E-state index < -0.39 is 41.6 Å². The van der Waals surface area contributed by atoms with Crippen molar-refractivity contribution < 1.29 is 47.3 Å². The van der Waals surface area contributed by atoms with Crippen molar-refractivity contribution in [3.05, 3.63) is 173 Å². The van der Waals surface area contributed by atoms with Gasteiger partial charge in [-0.2, -0.15) is 11.7 Å². The Balaban J connectivity index is -0.000000254. The van der Waals surface area contributed by atoms with E-state index in [4.69, 9.17) is 42.6 Å². The van der Waals surface area contributed by atoms with Gasteiger partial charge < -0.3 is 35.3 Å². The number of nitrogen functional groups attached to an aromatic ring is 2. The second kappa shape index (κ2) is 84.5. The maximum absolute atomic E-state index is 10.4. The minimum absolute atomic E-state index is 0. The number of halogens is 4. The van der Waals surface area contributed by atoms with Crippen molar-refractivity contribution in [2.45, 2.75) is 358 Å². The number of aromatic carboxylic acids is 1. The van der Waals surface area contributed by atoms with E-state index in [0.717, 1.165) is 28.1 Å². The Morgan fingerprint density at radius 2 is 0.721 bits per heavy atom. The van der Waals surface area contributed by atoms with Crippen LogP contribution in [-0.4, -0.2) is 102 Å². The second-order valence-electron chi connectivity index (χ2n) is 31.6. The van der Waals surface area contributed by atoms with Gasteiger partial charge in [0.1, 0.15) is 6.07 Å². The van der Waals surface area contributed by atoms with Gasteiger partial charge in [-0.05, 0) is 116 Å². The van der Waals surface area contributed by atoms with Crippen molar-refractivity contribution in [2.75, 3.05) is 11.5 Å². The van der Waals surface area contributed by atoms with Gasteiger partial charge in [-0.3, -0.25) is 4.98 Å². The molecule has 129 heavy (non-hydrogen) atoms. The molecule has 0 fully saturated rings. The summed E-state index contributed by atoms with van der Waals surface area (Å²) in [5, 5.41) is 33.9. The molecule has 0 aliphatic rings. The van der Waals surface area contributed by atoms with E-state index in [1.54, 1.807) is 132 Å². The van der Waals surface area contributed by atoms with E-state index in [0.29, 0.717) is 62.6 Å². The van der Waals surface area contributed by atoms with Gasteiger partial charge in [-0.15, -0.1) is 113 Å². The Morgan fingerprint density at radius 3 is 0.899 bits per heavy atom. The summed E-state index contributed by atoms with van der Waals surface area (Å²) in [6, 6.07) is 2.01. The number of anilines is 2. The summed E-state index contributed by atoms with van der Waals surface area (Å²) in [4.78, 5) is 64.9. The minimum Gasteiger partial charge on any atom is -0.512 e. The molecule has 0 aliphatic carbocycles. The minimum atomic E-state index is -2.12. The van der Waals surface area contributed by atoms with Gasteiger partial charge in [0.2, 0.25) is 5.01 Å². The molecule has 0 atom stereocenters. The molecule has 11 aromatic rings. The Kier molecular flexibility index (Phi) is 90.5. The summed E-state index contributed by atoms with van der Waals surface area (Å²) >= 11 is 23.7. The van der Waals surface area contributed by atoms with Crippen molar-refractivity contribution in [1.82, 2.24) is 54.8 Å². The number of carboxylic acids is 1. The summed E-state index contributed by atoms with van der Waals surface area (Å²) in [6.45, 7) is 66.7. The van der Waals surface area contributed by atoms with Crippen LogP contribution < -0.4 is 33.2 Å². The third kappa shape index (κ3) is 69.0. The van der Waals surface area contributed by atoms with Crippen molar-refractivity contribution in [1.29, 1.82) is 10.5 Å². The molecule has 0 aliphatic heterocycles. The van der Waals surface area contributed by atoms with Gasteiger partial charge in [-0.1, -0.05) is 132 Å². The first-order chi connectivity index (χ1) is 59.6. The van der Waals surface area contributed by atoms with Crippen molar-refractivity contribution in [3.63, 3.8) is 0 Å². The number of nitrogens with zero attached hydrogens (tertiary/aromatic N) is 13. The number of aromatic nitrogens is 11. The number of carbonyl (C=O) groups is 1. The van der Waals surface area contributed by atoms with Crippen LogP contribution in [0.5, 0.6) is 0 Å². The monoisotopic (exact) mass is 2450 g/mol. The maximum atomic E-state index is 10.4. The number of rotatable bonds is 29. The quantitative estimate of drug-likeness (QED) is 0.0290. The Morgan fingerprint density at radius 1 is 0.426 bits per heavy atom. The van der Waals surface area contributed by atoms with Crippen molar-refractivity contribution in [3.8, 4) is 6.07 Å². The molecule has 0 radical (unpaired) electrons. The third-order valence-electron chi connectivity index (χ3n) is 17.6. The molecule has 36 heteroatoms. The molecule has 0 saturated heterocycles. The zero-order valence-electron chi connectivity index (χ0n) is 82.6. The molecule has 5 N–H and O–H groups in total. The van der Waals surface area contributed by atoms with Crippen LogP contribution in [0, 0.1) is 57.8 Å². The van der Waals surface area contributed by atoms with Crippen LogP contribution in [0.1, 0.15) is 379 Å². The SMILES string of the molecule is Brc1nccs1.C.CC(C)c1cnc(Br)s1.CC(C)c1cnc(Br)s1.CC(C)c1cnc(C#N)s1.CC(C)c1cnc(C(=O)O)s1.CC(C)c1cnc(N)s1.CC(C)c1cnc(N)s1.CCC[CH2][Sn]([CH2]CCC)([CH2]CCC)[c]1cnc(C)s1.CCC[CH2][Sn]([Cl])([CH2]CCC)[CH2]CCC.Cc1ncc(C(C)C)s1.Cc1ncc(C(C)C)s1.Cc1nccs1.[C-]#N.[CH2-]CCC.[Cu+].[H+].[Li+]. The molecule has 11 aromatic heterocycles. The standard InChI is InChI=1S/C7H8N2S.C7H9NO2S.2C7H11NS.2C6H8BrNS.2C6H10N2S.C4H5NS.C4H4NS.7C4H9.C3H2BrNS.CN.CH4.ClH.Cu.Li.2Sn/c1-5(2)6-4-9-7(3-8)10-6;1-4(2)5-3-8-6(11-5)7(9)10;2*1-5(2)7-4-8-6(3)9-7;4*1-4(2)5-3-8-6(7)9-5;2*1-4-5-2-3-6-4;7*1-3-4-2;4-3-5-1-2-6-3;1-2;;;;;;/h4-5H,1-2H3;3-4H,1-2H3,(H,9,10);2*4-5H,1-3H3;2*3-4H,1-2H3;2*3-4H,1-2H3,(H2,7,8);2-3H,1H3;2H,1H3;7*1,3-4H2,2H3;1-2H;;1H4;1H;;;;/q;;;;;;;;;;;;;;;;-1;;-1;;;2*+1;;+1. The zero-order valence-corrected chi connectivity index (χ0v) is 103. The summed E-state index contributed by atoms with van der Waals surface area (Å²) in [5.41, 5.74) is 10.8. The summed E-state index contributed by atoms with van der Waals surface area (Å²) in [7, 11) is 6.89. The number of carboxylic acid groups (broad SMARTS) is 1. The van der Waals surface area contributed by atoms with Gasteiger partial charge in [0.15, 0.2) is 27.0 Å². The number of hydrogen-bond acceptors (Lipinski definition) is 27. The van der Waals surface area contributed by atoms with E-state index in [2.05, 4.69) is 268 Å². The first-order valence-corrected chi connectivity index (χ1v) is 72.3. The number of hydrogen-bond donors (Lipinski definition) is 3. The number of thiazole rings is 11. The molecule has 11 heterocycles. The van der Waals surface area contributed by atoms with Crippen molar-refractivity contribution >= 4 is 236 Å². The number of unbranched alkanes of at least 4 members (excludes halogenated alkanes) is 7. The number of nitriles is 1. The summed E-state index contributed by atoms with van der Waals surface area (Å²) in [5.74, 6) is 3.50. The largest absolute Gasteiger partial charge is 1.00 e. The van der Waals surface area contributed by atoms with Gasteiger partial charge in [0, 0.05) is 112 Å². The molecule has 0 aromatic carbocycles. The summed E-state index contributed by atoms with van der Waals surface area (Å²) < 4.78 is 13.6. The fourth-order valence-electron chi connectivity index (χ4n) is 10.00. The molecule has 0 spiro atoms. The molecule has 0 bridgehead atoms. The fraction of sp³-hybridized carbons (Fsp3) is 0.602. The van der Waals surface area contributed by atoms with E-state index >= 15 is 0 Å². The molecule has 0 unspecified atom stereocenters. The van der Waals surface area contributed by atoms with Crippen LogP contribution in [-0.2, 0) is 17.1 Å². The van der Waals surface area contributed by atoms with Crippen LogP contribution in [0.4, 0.5) is 10.3 Å². The second-order valence-corrected chi connectivity index (χ2v) is 78.0. The fourth-order valence-corrected chi connectivity index (χ4v) is 51.5. The number of nitrogens with two attached hydrogens (primary N) is 2. The molecule has 0 amide bonds. The first kappa shape index (κ1) is 138. The van der Waals surface area contributed by atoms with E-state index in [1.807, 2.05) is 100.0 Å². The van der Waals surface area contributed by atoms with Crippen molar-refractivity contribution in [2.24, 2.45) is 0 Å². The van der Waals surface area contributed by atoms with Crippen LogP contribution in [0.2, 0.25) is 26.6 Å². The van der Waals surface area contributed by atoms with E-state index in [9.17, 15) is 4.79 Å². The predicted octanol–water partition coefficient (Wildman–Crippen LogP) is 32.9. The van der Waals surface area contributed by atoms with Gasteiger partial charge in [-0.25, -0.2) is 49.7 Å². The van der Waals surface area contributed by atoms with Crippen LogP contribution in [0.3, 0.4) is 0 Å². The average molecular weight is 2450 g/mol. The van der Waals surface area contributed by atoms with Gasteiger partial charge in [0.05, 0.1) is 15.0 Å². The van der Waals surface area contributed by atoms with E-state index in [-0.39, 0.29) is 49.8 Å². The van der Waals surface area contributed by atoms with Gasteiger partial charge >= 0.3 is 270 Å². The molecular formula is C93H154Br3ClCuLiN15O2S11Sn2+. The molecule has 11 rings (SSSR count).